The number of Topliss-reactive ketones (excluding diaryl/α,β-unsaturated/α-hetero) is 1. The van der Waals surface area contributed by atoms with Gasteiger partial charge in [-0.3, -0.25) is 14.9 Å². The lowest BCUT2D eigenvalue weighted by Crippen LogP contribution is -2.38. The zero-order valence-electron chi connectivity index (χ0n) is 10.4. The lowest BCUT2D eigenvalue weighted by molar-refractivity contribution is -0.487. The van der Waals surface area contributed by atoms with Gasteiger partial charge < -0.3 is 4.74 Å². The molecule has 0 aliphatic rings. The summed E-state index contributed by atoms with van der Waals surface area (Å²) in [6.45, 7) is 2.42. The molecule has 0 aliphatic heterocycles. The maximum Gasteiger partial charge on any atom is 0.220 e. The van der Waals surface area contributed by atoms with Gasteiger partial charge in [0.2, 0.25) is 6.54 Å². The lowest BCUT2D eigenvalue weighted by Gasteiger charge is -2.23. The van der Waals surface area contributed by atoms with Crippen molar-refractivity contribution in [3.05, 3.63) is 38.9 Å². The van der Waals surface area contributed by atoms with Gasteiger partial charge in [-0.1, -0.05) is 17.7 Å². The number of carbonyl (C=O) groups excluding carboxylic acids is 1. The highest BCUT2D eigenvalue weighted by Gasteiger charge is 2.38. The van der Waals surface area contributed by atoms with Crippen LogP contribution in [0.1, 0.15) is 19.4 Å². The third-order valence-corrected chi connectivity index (χ3v) is 3.32. The Morgan fingerprint density at radius 1 is 1.56 bits per heavy atom. The number of halogens is 1. The third-order valence-electron chi connectivity index (χ3n) is 3.01. The normalized spacial score (nSPS) is 13.8. The number of nitro groups is 1. The molecule has 6 heteroatoms. The maximum atomic E-state index is 11.7. The van der Waals surface area contributed by atoms with Crippen molar-refractivity contribution in [1.82, 2.24) is 0 Å². The molecule has 1 aromatic carbocycles. The molecule has 0 N–H and O–H groups in total. The minimum atomic E-state index is -1.18. The van der Waals surface area contributed by atoms with Crippen LogP contribution in [-0.2, 0) is 10.2 Å². The van der Waals surface area contributed by atoms with E-state index < -0.39 is 16.9 Å². The third kappa shape index (κ3) is 2.79. The van der Waals surface area contributed by atoms with Gasteiger partial charge in [0, 0.05) is 4.92 Å². The summed E-state index contributed by atoms with van der Waals surface area (Å²) in [6.07, 6.45) is 0. The summed E-state index contributed by atoms with van der Waals surface area (Å²) in [6, 6.07) is 4.74. The van der Waals surface area contributed by atoms with Gasteiger partial charge >= 0.3 is 0 Å². The fourth-order valence-electron chi connectivity index (χ4n) is 1.67. The molecule has 98 valence electrons. The number of benzene rings is 1. The first-order valence-electron chi connectivity index (χ1n) is 5.28. The molecule has 0 spiro atoms. The first kappa shape index (κ1) is 14.4. The van der Waals surface area contributed by atoms with Gasteiger partial charge in [0.05, 0.1) is 12.1 Å². The van der Waals surface area contributed by atoms with Gasteiger partial charge in [-0.05, 0) is 31.5 Å². The highest BCUT2D eigenvalue weighted by molar-refractivity contribution is 6.32. The molecule has 1 aromatic rings. The Bertz CT molecular complexity index is 489. The van der Waals surface area contributed by atoms with E-state index in [1.165, 1.54) is 14.0 Å². The summed E-state index contributed by atoms with van der Waals surface area (Å²) in [5.74, 6) is 0.119. The van der Waals surface area contributed by atoms with Crippen LogP contribution < -0.4 is 4.74 Å². The van der Waals surface area contributed by atoms with E-state index in [2.05, 4.69) is 0 Å². The van der Waals surface area contributed by atoms with E-state index in [0.29, 0.717) is 16.3 Å². The van der Waals surface area contributed by atoms with E-state index in [9.17, 15) is 14.9 Å². The van der Waals surface area contributed by atoms with Gasteiger partial charge in [0.25, 0.3) is 0 Å². The first-order chi connectivity index (χ1) is 8.31. The van der Waals surface area contributed by atoms with Crippen LogP contribution in [0.2, 0.25) is 5.02 Å². The Kier molecular flexibility index (Phi) is 4.29. The molecule has 18 heavy (non-hydrogen) atoms. The summed E-state index contributed by atoms with van der Waals surface area (Å²) < 4.78 is 5.05. The van der Waals surface area contributed by atoms with E-state index in [-0.39, 0.29) is 5.78 Å². The molecule has 0 aliphatic carbocycles. The quantitative estimate of drug-likeness (QED) is 0.609. The van der Waals surface area contributed by atoms with E-state index in [0.717, 1.165) is 0 Å². The summed E-state index contributed by atoms with van der Waals surface area (Å²) in [7, 11) is 1.45. The van der Waals surface area contributed by atoms with Gasteiger partial charge in [0.1, 0.15) is 16.9 Å². The number of methoxy groups -OCH3 is 1. The second kappa shape index (κ2) is 5.35. The molecule has 1 rings (SSSR count). The Balaban J connectivity index is 3.30. The Labute approximate surface area is 110 Å². The Hall–Kier alpha value is -1.62. The van der Waals surface area contributed by atoms with Crippen molar-refractivity contribution in [3.63, 3.8) is 0 Å². The molecule has 1 atom stereocenters. The predicted octanol–water partition coefficient (Wildman–Crippen LogP) is 2.47. The number of hydrogen-bond donors (Lipinski definition) is 0. The Morgan fingerprint density at radius 2 is 2.17 bits per heavy atom. The fraction of sp³-hybridized carbons (Fsp3) is 0.417. The zero-order valence-corrected chi connectivity index (χ0v) is 11.2. The van der Waals surface area contributed by atoms with Crippen LogP contribution in [0.25, 0.3) is 0 Å². The number of nitrogens with zero attached hydrogens (tertiary/aromatic N) is 1. The van der Waals surface area contributed by atoms with Crippen molar-refractivity contribution in [1.29, 1.82) is 0 Å². The minimum Gasteiger partial charge on any atom is -0.495 e. The van der Waals surface area contributed by atoms with Gasteiger partial charge in [-0.25, -0.2) is 0 Å². The van der Waals surface area contributed by atoms with Crippen LogP contribution in [0, 0.1) is 10.1 Å². The Morgan fingerprint density at radius 3 is 2.61 bits per heavy atom. The molecule has 0 aromatic heterocycles. The van der Waals surface area contributed by atoms with Crippen molar-refractivity contribution in [3.8, 4) is 5.75 Å². The second-order valence-electron chi connectivity index (χ2n) is 4.23. The van der Waals surface area contributed by atoms with Crippen LogP contribution in [0.15, 0.2) is 18.2 Å². The first-order valence-corrected chi connectivity index (χ1v) is 5.66. The van der Waals surface area contributed by atoms with Crippen LogP contribution in [0.3, 0.4) is 0 Å². The molecule has 0 bridgehead atoms. The molecule has 5 nitrogen and oxygen atoms in total. The van der Waals surface area contributed by atoms with Gasteiger partial charge in [-0.2, -0.15) is 0 Å². The minimum absolute atomic E-state index is 0.274. The summed E-state index contributed by atoms with van der Waals surface area (Å²) >= 11 is 5.89. The molecule has 1 unspecified atom stereocenters. The van der Waals surface area contributed by atoms with Crippen molar-refractivity contribution in [2.45, 2.75) is 19.3 Å². The standard InChI is InChI=1S/C12H14ClNO4/c1-8(15)12(2,7-14(16)17)9-4-5-10(13)11(6-9)18-3/h4-6H,7H2,1-3H3. The molecule has 0 saturated carbocycles. The number of ether oxygens (including phenoxy) is 1. The molecule has 0 saturated heterocycles. The van der Waals surface area contributed by atoms with Crippen molar-refractivity contribution in [2.24, 2.45) is 0 Å². The SMILES string of the molecule is COc1cc(C(C)(C[N+](=O)[O-])C(C)=O)ccc1Cl. The van der Waals surface area contributed by atoms with Crippen molar-refractivity contribution in [2.75, 3.05) is 13.7 Å². The molecule has 0 heterocycles. The average molecular weight is 272 g/mol. The second-order valence-corrected chi connectivity index (χ2v) is 4.64. The number of ketones is 1. The largest absolute Gasteiger partial charge is 0.495 e. The number of rotatable bonds is 5. The smallest absolute Gasteiger partial charge is 0.220 e. The van der Waals surface area contributed by atoms with Gasteiger partial charge in [-0.15, -0.1) is 0 Å². The van der Waals surface area contributed by atoms with E-state index >= 15 is 0 Å². The highest BCUT2D eigenvalue weighted by atomic mass is 35.5. The predicted molar refractivity (Wildman–Crippen MR) is 67.9 cm³/mol. The molecule has 0 amide bonds. The number of carbonyl (C=O) groups is 1. The fourth-order valence-corrected chi connectivity index (χ4v) is 1.86. The maximum absolute atomic E-state index is 11.7. The highest BCUT2D eigenvalue weighted by Crippen LogP contribution is 2.32. The van der Waals surface area contributed by atoms with Gasteiger partial charge in [0.15, 0.2) is 0 Å². The lowest BCUT2D eigenvalue weighted by atomic mass is 9.79. The molecular weight excluding hydrogens is 258 g/mol. The molecule has 0 radical (unpaired) electrons. The topological polar surface area (TPSA) is 69.4 Å². The summed E-state index contributed by atoms with van der Waals surface area (Å²) in [5, 5.41) is 11.1. The summed E-state index contributed by atoms with van der Waals surface area (Å²) in [5.41, 5.74) is -0.658. The zero-order chi connectivity index (χ0) is 13.9. The van der Waals surface area contributed by atoms with E-state index in [1.54, 1.807) is 25.1 Å². The molecular formula is C12H14ClNO4. The molecule has 0 fully saturated rings. The van der Waals surface area contributed by atoms with Crippen LogP contribution in [-0.4, -0.2) is 24.4 Å². The monoisotopic (exact) mass is 271 g/mol. The van der Waals surface area contributed by atoms with E-state index in [4.69, 9.17) is 16.3 Å². The summed E-state index contributed by atoms with van der Waals surface area (Å²) in [4.78, 5) is 21.9. The van der Waals surface area contributed by atoms with Crippen LogP contribution in [0.4, 0.5) is 0 Å². The van der Waals surface area contributed by atoms with Crippen LogP contribution in [0.5, 0.6) is 5.75 Å². The van der Waals surface area contributed by atoms with Crippen molar-refractivity contribution >= 4 is 17.4 Å². The average Bonchev–Trinajstić information content (AvgIpc) is 2.28. The van der Waals surface area contributed by atoms with E-state index in [1.807, 2.05) is 0 Å². The van der Waals surface area contributed by atoms with Crippen molar-refractivity contribution < 1.29 is 14.5 Å². The van der Waals surface area contributed by atoms with Crippen LogP contribution >= 0.6 is 11.6 Å². The number of hydrogen-bond acceptors (Lipinski definition) is 4.